The SMILES string of the molecule is CCCn1c(=NC(=O)CCSc2ccc(C)cc2)sc2cc3c(cc21)OCCO3. The van der Waals surface area contributed by atoms with E-state index >= 15 is 0 Å². The highest BCUT2D eigenvalue weighted by atomic mass is 32.2. The third-order valence-corrected chi connectivity index (χ3v) is 6.67. The van der Waals surface area contributed by atoms with Crippen molar-refractivity contribution in [2.75, 3.05) is 19.0 Å². The first-order chi connectivity index (χ1) is 14.1. The largest absolute Gasteiger partial charge is 0.486 e. The van der Waals surface area contributed by atoms with E-state index in [1.165, 1.54) is 21.8 Å². The van der Waals surface area contributed by atoms with Gasteiger partial charge in [0, 0.05) is 35.7 Å². The van der Waals surface area contributed by atoms with Crippen LogP contribution in [0.3, 0.4) is 0 Å². The van der Waals surface area contributed by atoms with Gasteiger partial charge in [-0.15, -0.1) is 11.8 Å². The van der Waals surface area contributed by atoms with Crippen LogP contribution in [-0.4, -0.2) is 29.4 Å². The van der Waals surface area contributed by atoms with Crippen molar-refractivity contribution in [1.29, 1.82) is 0 Å². The lowest BCUT2D eigenvalue weighted by Crippen LogP contribution is -2.17. The number of nitrogens with zero attached hydrogens (tertiary/aromatic N) is 2. The summed E-state index contributed by atoms with van der Waals surface area (Å²) in [5.74, 6) is 2.16. The van der Waals surface area contributed by atoms with E-state index in [1.54, 1.807) is 11.8 Å². The Kier molecular flexibility index (Phi) is 6.25. The zero-order valence-corrected chi connectivity index (χ0v) is 18.3. The summed E-state index contributed by atoms with van der Waals surface area (Å²) in [7, 11) is 0. The maximum Gasteiger partial charge on any atom is 0.249 e. The molecule has 3 aromatic rings. The van der Waals surface area contributed by atoms with Crippen molar-refractivity contribution in [2.24, 2.45) is 4.99 Å². The molecule has 0 fully saturated rings. The van der Waals surface area contributed by atoms with E-state index in [0.717, 1.165) is 45.2 Å². The summed E-state index contributed by atoms with van der Waals surface area (Å²) in [5, 5.41) is 0. The van der Waals surface area contributed by atoms with E-state index in [-0.39, 0.29) is 5.91 Å². The number of hydrogen-bond donors (Lipinski definition) is 0. The van der Waals surface area contributed by atoms with Crippen LogP contribution in [0.2, 0.25) is 0 Å². The molecule has 2 heterocycles. The zero-order valence-electron chi connectivity index (χ0n) is 16.6. The van der Waals surface area contributed by atoms with Crippen LogP contribution in [0.1, 0.15) is 25.3 Å². The Balaban J connectivity index is 1.54. The zero-order chi connectivity index (χ0) is 20.2. The number of carbonyl (C=O) groups excluding carboxylic acids is 1. The first kappa shape index (κ1) is 20.0. The molecule has 0 saturated heterocycles. The fourth-order valence-electron chi connectivity index (χ4n) is 3.18. The maximum absolute atomic E-state index is 12.5. The van der Waals surface area contributed by atoms with Crippen LogP contribution in [-0.2, 0) is 11.3 Å². The lowest BCUT2D eigenvalue weighted by Gasteiger charge is -2.18. The Morgan fingerprint density at radius 1 is 1.17 bits per heavy atom. The lowest BCUT2D eigenvalue weighted by atomic mass is 10.2. The van der Waals surface area contributed by atoms with Gasteiger partial charge in [-0.05, 0) is 25.5 Å². The molecular weight excluding hydrogens is 404 g/mol. The number of carbonyl (C=O) groups is 1. The predicted molar refractivity (Wildman–Crippen MR) is 118 cm³/mol. The van der Waals surface area contributed by atoms with E-state index in [2.05, 4.69) is 47.7 Å². The van der Waals surface area contributed by atoms with Crippen molar-refractivity contribution in [2.45, 2.75) is 38.1 Å². The number of amides is 1. The first-order valence-corrected chi connectivity index (χ1v) is 11.6. The number of aromatic nitrogens is 1. The molecule has 1 aliphatic rings. The number of aryl methyl sites for hydroxylation is 2. The number of fused-ring (bicyclic) bond motifs is 2. The maximum atomic E-state index is 12.5. The molecule has 0 spiro atoms. The minimum atomic E-state index is -0.0849. The van der Waals surface area contributed by atoms with Crippen LogP contribution >= 0.6 is 23.1 Å². The molecule has 0 unspecified atom stereocenters. The molecule has 0 atom stereocenters. The third-order valence-electron chi connectivity index (χ3n) is 4.62. The minimum absolute atomic E-state index is 0.0849. The molecule has 7 heteroatoms. The van der Waals surface area contributed by atoms with E-state index in [4.69, 9.17) is 9.47 Å². The average molecular weight is 429 g/mol. The molecule has 1 aromatic heterocycles. The van der Waals surface area contributed by atoms with Crippen molar-refractivity contribution >= 4 is 39.2 Å². The molecule has 5 nitrogen and oxygen atoms in total. The first-order valence-electron chi connectivity index (χ1n) is 9.84. The summed E-state index contributed by atoms with van der Waals surface area (Å²) >= 11 is 3.22. The van der Waals surface area contributed by atoms with E-state index in [0.29, 0.717) is 19.6 Å². The molecule has 152 valence electrons. The van der Waals surface area contributed by atoms with Crippen molar-refractivity contribution in [3.8, 4) is 11.5 Å². The molecular formula is C22H24N2O3S2. The summed E-state index contributed by atoms with van der Waals surface area (Å²) in [5.41, 5.74) is 2.28. The fraction of sp³-hybridized carbons (Fsp3) is 0.364. The van der Waals surface area contributed by atoms with E-state index < -0.39 is 0 Å². The van der Waals surface area contributed by atoms with Crippen molar-refractivity contribution in [3.63, 3.8) is 0 Å². The summed E-state index contributed by atoms with van der Waals surface area (Å²) in [4.78, 5) is 18.9. The van der Waals surface area contributed by atoms with Crippen molar-refractivity contribution < 1.29 is 14.3 Å². The third kappa shape index (κ3) is 4.67. The van der Waals surface area contributed by atoms with Gasteiger partial charge in [-0.25, -0.2) is 0 Å². The summed E-state index contributed by atoms with van der Waals surface area (Å²) in [6, 6.07) is 12.4. The average Bonchev–Trinajstić information content (AvgIpc) is 3.04. The van der Waals surface area contributed by atoms with Crippen LogP contribution < -0.4 is 14.3 Å². The highest BCUT2D eigenvalue weighted by Crippen LogP contribution is 2.35. The Labute approximate surface area is 178 Å². The molecule has 0 bridgehead atoms. The highest BCUT2D eigenvalue weighted by Gasteiger charge is 2.16. The van der Waals surface area contributed by atoms with E-state index in [1.807, 2.05) is 12.1 Å². The molecule has 0 radical (unpaired) electrons. The van der Waals surface area contributed by atoms with Gasteiger partial charge in [0.15, 0.2) is 16.3 Å². The molecule has 29 heavy (non-hydrogen) atoms. The Morgan fingerprint density at radius 2 is 1.90 bits per heavy atom. The van der Waals surface area contributed by atoms with Crippen LogP contribution in [0, 0.1) is 6.92 Å². The standard InChI is InChI=1S/C22H24N2O3S2/c1-3-9-24-17-13-18-19(27-11-10-26-18)14-20(17)29-22(24)23-21(25)8-12-28-16-6-4-15(2)5-7-16/h4-7,13-14H,3,8-12H2,1-2H3. The Bertz CT molecular complexity index is 1080. The normalized spacial score (nSPS) is 13.8. The molecule has 0 saturated carbocycles. The topological polar surface area (TPSA) is 52.8 Å². The summed E-state index contributed by atoms with van der Waals surface area (Å²) in [6.45, 7) is 6.13. The van der Waals surface area contributed by atoms with Crippen LogP contribution in [0.5, 0.6) is 11.5 Å². The highest BCUT2D eigenvalue weighted by molar-refractivity contribution is 7.99. The lowest BCUT2D eigenvalue weighted by molar-refractivity contribution is -0.117. The van der Waals surface area contributed by atoms with Gasteiger partial charge in [-0.1, -0.05) is 36.0 Å². The second kappa shape index (κ2) is 9.05. The van der Waals surface area contributed by atoms with Gasteiger partial charge in [0.05, 0.1) is 10.2 Å². The van der Waals surface area contributed by atoms with Gasteiger partial charge >= 0.3 is 0 Å². The number of hydrogen-bond acceptors (Lipinski definition) is 5. The van der Waals surface area contributed by atoms with Gasteiger partial charge in [0.1, 0.15) is 13.2 Å². The Hall–Kier alpha value is -2.25. The molecule has 1 amide bonds. The number of thiazole rings is 1. The quantitative estimate of drug-likeness (QED) is 0.529. The van der Waals surface area contributed by atoms with Crippen LogP contribution in [0.25, 0.3) is 10.2 Å². The second-order valence-electron chi connectivity index (χ2n) is 6.92. The molecule has 0 aliphatic carbocycles. The smallest absolute Gasteiger partial charge is 0.249 e. The number of thioether (sulfide) groups is 1. The van der Waals surface area contributed by atoms with Crippen LogP contribution in [0.15, 0.2) is 46.3 Å². The second-order valence-corrected chi connectivity index (χ2v) is 9.09. The minimum Gasteiger partial charge on any atom is -0.486 e. The number of rotatable bonds is 6. The fourth-order valence-corrected chi connectivity index (χ4v) is 5.11. The van der Waals surface area contributed by atoms with Gasteiger partial charge in [0.2, 0.25) is 5.91 Å². The molecule has 1 aliphatic heterocycles. The van der Waals surface area contributed by atoms with Gasteiger partial charge < -0.3 is 14.0 Å². The molecule has 4 rings (SSSR count). The Morgan fingerprint density at radius 3 is 2.62 bits per heavy atom. The van der Waals surface area contributed by atoms with E-state index in [9.17, 15) is 4.79 Å². The molecule has 0 N–H and O–H groups in total. The summed E-state index contributed by atoms with van der Waals surface area (Å²) in [6.07, 6.45) is 1.38. The molecule has 2 aromatic carbocycles. The van der Waals surface area contributed by atoms with Gasteiger partial charge in [-0.2, -0.15) is 4.99 Å². The number of ether oxygens (including phenoxy) is 2. The van der Waals surface area contributed by atoms with Crippen molar-refractivity contribution in [3.05, 3.63) is 46.8 Å². The predicted octanol–water partition coefficient (Wildman–Crippen LogP) is 4.80. The van der Waals surface area contributed by atoms with Gasteiger partial charge in [0.25, 0.3) is 0 Å². The monoisotopic (exact) mass is 428 g/mol. The van der Waals surface area contributed by atoms with Crippen LogP contribution in [0.4, 0.5) is 0 Å². The van der Waals surface area contributed by atoms with Crippen molar-refractivity contribution in [1.82, 2.24) is 4.57 Å². The number of benzene rings is 2. The van der Waals surface area contributed by atoms with Gasteiger partial charge in [-0.3, -0.25) is 4.79 Å². The summed E-state index contributed by atoms with van der Waals surface area (Å²) < 4.78 is 14.6.